The molecule has 1 aromatic carbocycles. The van der Waals surface area contributed by atoms with Crippen molar-refractivity contribution in [2.75, 3.05) is 6.54 Å². The summed E-state index contributed by atoms with van der Waals surface area (Å²) < 4.78 is 0. The molecule has 3 N–H and O–H groups in total. The van der Waals surface area contributed by atoms with Gasteiger partial charge in [-0.15, -0.1) is 0 Å². The Morgan fingerprint density at radius 3 is 2.80 bits per heavy atom. The van der Waals surface area contributed by atoms with Crippen LogP contribution in [0.4, 0.5) is 0 Å². The lowest BCUT2D eigenvalue weighted by atomic mass is 10.1. The molecular weight excluding hydrogens is 212 g/mol. The molecule has 0 aliphatic rings. The summed E-state index contributed by atoms with van der Waals surface area (Å²) in [4.78, 5) is 11.5. The summed E-state index contributed by atoms with van der Waals surface area (Å²) in [5, 5.41) is 3.40. The van der Waals surface area contributed by atoms with E-state index >= 15 is 0 Å². The fourth-order valence-corrected chi connectivity index (χ4v) is 1.40. The standard InChI is InChI=1S/C11H15ClN2O/c1-8(7-13)14-11(15)6-9-4-2-3-5-10(9)12/h2-5,8H,6-7,13H2,1H3,(H,14,15). The normalized spacial score (nSPS) is 12.2. The summed E-state index contributed by atoms with van der Waals surface area (Å²) in [6, 6.07) is 7.32. The first-order valence-corrected chi connectivity index (χ1v) is 5.24. The Labute approximate surface area is 94.6 Å². The third-order valence-electron chi connectivity index (χ3n) is 2.07. The van der Waals surface area contributed by atoms with Crippen LogP contribution in [0.5, 0.6) is 0 Å². The van der Waals surface area contributed by atoms with E-state index in [-0.39, 0.29) is 11.9 Å². The minimum absolute atomic E-state index is 0.0000113. The summed E-state index contributed by atoms with van der Waals surface area (Å²) in [6.07, 6.45) is 0.296. The van der Waals surface area contributed by atoms with E-state index in [4.69, 9.17) is 17.3 Å². The van der Waals surface area contributed by atoms with Crippen LogP contribution in [0.25, 0.3) is 0 Å². The van der Waals surface area contributed by atoms with Gasteiger partial charge in [0.15, 0.2) is 0 Å². The monoisotopic (exact) mass is 226 g/mol. The Hall–Kier alpha value is -1.06. The lowest BCUT2D eigenvalue weighted by Crippen LogP contribution is -2.38. The minimum atomic E-state index is -0.0546. The smallest absolute Gasteiger partial charge is 0.224 e. The number of hydrogen-bond acceptors (Lipinski definition) is 2. The molecule has 0 saturated carbocycles. The predicted octanol–water partition coefficient (Wildman–Crippen LogP) is 1.35. The van der Waals surface area contributed by atoms with Crippen molar-refractivity contribution in [3.63, 3.8) is 0 Å². The molecule has 0 radical (unpaired) electrons. The van der Waals surface area contributed by atoms with E-state index in [1.54, 1.807) is 6.07 Å². The number of benzene rings is 1. The molecule has 1 aromatic rings. The molecular formula is C11H15ClN2O. The summed E-state index contributed by atoms with van der Waals surface area (Å²) in [6.45, 7) is 2.30. The van der Waals surface area contributed by atoms with Gasteiger partial charge in [-0.3, -0.25) is 4.79 Å². The van der Waals surface area contributed by atoms with Crippen LogP contribution in [0.15, 0.2) is 24.3 Å². The number of amides is 1. The maximum Gasteiger partial charge on any atom is 0.224 e. The molecule has 4 heteroatoms. The van der Waals surface area contributed by atoms with Crippen molar-refractivity contribution in [1.82, 2.24) is 5.32 Å². The highest BCUT2D eigenvalue weighted by atomic mass is 35.5. The van der Waals surface area contributed by atoms with Crippen LogP contribution >= 0.6 is 11.6 Å². The second-order valence-electron chi connectivity index (χ2n) is 3.47. The van der Waals surface area contributed by atoms with E-state index in [1.807, 2.05) is 25.1 Å². The number of halogens is 1. The van der Waals surface area contributed by atoms with Gasteiger partial charge in [-0.05, 0) is 18.6 Å². The van der Waals surface area contributed by atoms with Gasteiger partial charge in [-0.1, -0.05) is 29.8 Å². The maximum absolute atomic E-state index is 11.5. The second-order valence-corrected chi connectivity index (χ2v) is 3.88. The van der Waals surface area contributed by atoms with Crippen LogP contribution in [0.3, 0.4) is 0 Å². The first-order valence-electron chi connectivity index (χ1n) is 4.86. The van der Waals surface area contributed by atoms with Crippen molar-refractivity contribution < 1.29 is 4.79 Å². The lowest BCUT2D eigenvalue weighted by Gasteiger charge is -2.11. The highest BCUT2D eigenvalue weighted by Gasteiger charge is 2.08. The highest BCUT2D eigenvalue weighted by Crippen LogP contribution is 2.15. The zero-order chi connectivity index (χ0) is 11.3. The zero-order valence-corrected chi connectivity index (χ0v) is 9.42. The molecule has 0 fully saturated rings. The number of nitrogens with two attached hydrogens (primary N) is 1. The number of hydrogen-bond donors (Lipinski definition) is 2. The highest BCUT2D eigenvalue weighted by molar-refractivity contribution is 6.31. The molecule has 1 atom stereocenters. The molecule has 1 amide bonds. The first kappa shape index (κ1) is 12.0. The quantitative estimate of drug-likeness (QED) is 0.814. The Balaban J connectivity index is 2.55. The molecule has 0 aliphatic heterocycles. The van der Waals surface area contributed by atoms with Crippen molar-refractivity contribution >= 4 is 17.5 Å². The number of rotatable bonds is 4. The maximum atomic E-state index is 11.5. The molecule has 0 saturated heterocycles. The third-order valence-corrected chi connectivity index (χ3v) is 2.44. The molecule has 0 bridgehead atoms. The van der Waals surface area contributed by atoms with Crippen molar-refractivity contribution in [3.8, 4) is 0 Å². The lowest BCUT2D eigenvalue weighted by molar-refractivity contribution is -0.120. The summed E-state index contributed by atoms with van der Waals surface area (Å²) >= 11 is 5.93. The average molecular weight is 227 g/mol. The summed E-state index contributed by atoms with van der Waals surface area (Å²) in [5.41, 5.74) is 6.24. The van der Waals surface area contributed by atoms with Gasteiger partial charge in [0.2, 0.25) is 5.91 Å². The molecule has 82 valence electrons. The van der Waals surface area contributed by atoms with Crippen molar-refractivity contribution in [3.05, 3.63) is 34.9 Å². The van der Waals surface area contributed by atoms with Gasteiger partial charge in [-0.2, -0.15) is 0 Å². The van der Waals surface area contributed by atoms with Gasteiger partial charge in [-0.25, -0.2) is 0 Å². The predicted molar refractivity (Wildman–Crippen MR) is 61.8 cm³/mol. The molecule has 0 spiro atoms. The van der Waals surface area contributed by atoms with Crippen LogP contribution in [-0.2, 0) is 11.2 Å². The van der Waals surface area contributed by atoms with Crippen LogP contribution in [0.1, 0.15) is 12.5 Å². The van der Waals surface area contributed by atoms with Gasteiger partial charge in [0.05, 0.1) is 6.42 Å². The fourth-order valence-electron chi connectivity index (χ4n) is 1.20. The topological polar surface area (TPSA) is 55.1 Å². The van der Waals surface area contributed by atoms with Gasteiger partial charge in [0.1, 0.15) is 0 Å². The summed E-state index contributed by atoms with van der Waals surface area (Å²) in [5.74, 6) is -0.0546. The minimum Gasteiger partial charge on any atom is -0.352 e. The van der Waals surface area contributed by atoms with Crippen molar-refractivity contribution in [2.45, 2.75) is 19.4 Å². The van der Waals surface area contributed by atoms with E-state index in [0.717, 1.165) is 5.56 Å². The van der Waals surface area contributed by atoms with Gasteiger partial charge in [0.25, 0.3) is 0 Å². The first-order chi connectivity index (χ1) is 7.13. The average Bonchev–Trinajstić information content (AvgIpc) is 2.21. The Morgan fingerprint density at radius 1 is 1.53 bits per heavy atom. The Bertz CT molecular complexity index is 341. The molecule has 1 unspecified atom stereocenters. The van der Waals surface area contributed by atoms with Gasteiger partial charge < -0.3 is 11.1 Å². The van der Waals surface area contributed by atoms with Crippen molar-refractivity contribution in [1.29, 1.82) is 0 Å². The summed E-state index contributed by atoms with van der Waals surface area (Å²) in [7, 11) is 0. The van der Waals surface area contributed by atoms with E-state index in [2.05, 4.69) is 5.32 Å². The zero-order valence-electron chi connectivity index (χ0n) is 8.66. The van der Waals surface area contributed by atoms with Crippen LogP contribution in [0, 0.1) is 0 Å². The van der Waals surface area contributed by atoms with E-state index in [0.29, 0.717) is 18.0 Å². The fraction of sp³-hybridized carbons (Fsp3) is 0.364. The molecule has 0 aliphatic carbocycles. The SMILES string of the molecule is CC(CN)NC(=O)Cc1ccccc1Cl. The number of nitrogens with one attached hydrogen (secondary N) is 1. The van der Waals surface area contributed by atoms with Gasteiger partial charge >= 0.3 is 0 Å². The van der Waals surface area contributed by atoms with Crippen LogP contribution < -0.4 is 11.1 Å². The third kappa shape index (κ3) is 3.90. The van der Waals surface area contributed by atoms with Crippen molar-refractivity contribution in [2.24, 2.45) is 5.73 Å². The van der Waals surface area contributed by atoms with E-state index in [1.165, 1.54) is 0 Å². The molecule has 1 rings (SSSR count). The second kappa shape index (κ2) is 5.73. The number of carbonyl (C=O) groups excluding carboxylic acids is 1. The number of carbonyl (C=O) groups is 1. The molecule has 0 heterocycles. The van der Waals surface area contributed by atoms with E-state index in [9.17, 15) is 4.79 Å². The Morgan fingerprint density at radius 2 is 2.20 bits per heavy atom. The van der Waals surface area contributed by atoms with Crippen LogP contribution in [-0.4, -0.2) is 18.5 Å². The van der Waals surface area contributed by atoms with Gasteiger partial charge in [0, 0.05) is 17.6 Å². The Kier molecular flexibility index (Phi) is 4.59. The molecule has 3 nitrogen and oxygen atoms in total. The molecule has 0 aromatic heterocycles. The largest absolute Gasteiger partial charge is 0.352 e. The van der Waals surface area contributed by atoms with Crippen LogP contribution in [0.2, 0.25) is 5.02 Å². The van der Waals surface area contributed by atoms with E-state index < -0.39 is 0 Å². The molecule has 15 heavy (non-hydrogen) atoms.